The number of hydrogen-bond acceptors (Lipinski definition) is 2. The first-order chi connectivity index (χ1) is 8.95. The summed E-state index contributed by atoms with van der Waals surface area (Å²) in [6.07, 6.45) is 1.14. The second-order valence-electron chi connectivity index (χ2n) is 6.28. The highest BCUT2D eigenvalue weighted by atomic mass is 15.3. The number of aromatic nitrogens is 2. The molecule has 0 saturated heterocycles. The molecule has 0 saturated carbocycles. The molecule has 0 aliphatic carbocycles. The average Bonchev–Trinajstić information content (AvgIpc) is 2.67. The highest BCUT2D eigenvalue weighted by Crippen LogP contribution is 2.35. The summed E-state index contributed by atoms with van der Waals surface area (Å²) in [6.45, 7) is 10.0. The maximum Gasteiger partial charge on any atom is 0.0877 e. The van der Waals surface area contributed by atoms with E-state index in [0.717, 1.165) is 13.0 Å². The summed E-state index contributed by atoms with van der Waals surface area (Å²) in [6, 6.07) is 8.74. The molecular formula is C16H25N3. The van der Waals surface area contributed by atoms with Gasteiger partial charge >= 0.3 is 0 Å². The van der Waals surface area contributed by atoms with Gasteiger partial charge in [-0.25, -0.2) is 0 Å². The molecule has 0 bridgehead atoms. The van der Waals surface area contributed by atoms with Crippen molar-refractivity contribution >= 4 is 10.9 Å². The Labute approximate surface area is 116 Å². The number of fused-ring (bicyclic) bond motifs is 1. The normalized spacial score (nSPS) is 13.9. The summed E-state index contributed by atoms with van der Waals surface area (Å²) in [5.41, 5.74) is 2.51. The van der Waals surface area contributed by atoms with Crippen molar-refractivity contribution in [1.82, 2.24) is 15.1 Å². The summed E-state index contributed by atoms with van der Waals surface area (Å²) in [7, 11) is 2.02. The van der Waals surface area contributed by atoms with Gasteiger partial charge in [0.2, 0.25) is 0 Å². The number of para-hydroxylation sites is 1. The summed E-state index contributed by atoms with van der Waals surface area (Å²) >= 11 is 0. The fourth-order valence-corrected chi connectivity index (χ4v) is 2.56. The molecule has 0 radical (unpaired) electrons. The van der Waals surface area contributed by atoms with Gasteiger partial charge in [-0.2, -0.15) is 5.10 Å². The van der Waals surface area contributed by atoms with Crippen LogP contribution in [0.2, 0.25) is 0 Å². The number of nitrogens with zero attached hydrogens (tertiary/aromatic N) is 2. The number of benzene rings is 1. The van der Waals surface area contributed by atoms with E-state index in [2.05, 4.69) is 57.3 Å². The molecule has 2 rings (SSSR count). The highest BCUT2D eigenvalue weighted by molar-refractivity contribution is 5.82. The molecule has 104 valence electrons. The van der Waals surface area contributed by atoms with Crippen molar-refractivity contribution in [1.29, 1.82) is 0 Å². The van der Waals surface area contributed by atoms with Crippen LogP contribution in [0.15, 0.2) is 24.3 Å². The third kappa shape index (κ3) is 2.81. The number of aryl methyl sites for hydroxylation is 1. The lowest BCUT2D eigenvalue weighted by Crippen LogP contribution is -2.33. The van der Waals surface area contributed by atoms with Crippen molar-refractivity contribution in [2.24, 2.45) is 12.5 Å². The average molecular weight is 259 g/mol. The van der Waals surface area contributed by atoms with Gasteiger partial charge in [0.15, 0.2) is 0 Å². The second-order valence-corrected chi connectivity index (χ2v) is 6.28. The van der Waals surface area contributed by atoms with Crippen LogP contribution >= 0.6 is 0 Å². The minimum atomic E-state index is 0.145. The lowest BCUT2D eigenvalue weighted by Gasteiger charge is -2.30. The van der Waals surface area contributed by atoms with E-state index in [1.54, 1.807) is 0 Å². The van der Waals surface area contributed by atoms with Crippen LogP contribution in [0.4, 0.5) is 0 Å². The van der Waals surface area contributed by atoms with Crippen LogP contribution in [-0.2, 0) is 7.05 Å². The van der Waals surface area contributed by atoms with Gasteiger partial charge in [0.1, 0.15) is 0 Å². The summed E-state index contributed by atoms with van der Waals surface area (Å²) in [5.74, 6) is 0. The van der Waals surface area contributed by atoms with E-state index in [0.29, 0.717) is 0 Å². The van der Waals surface area contributed by atoms with Gasteiger partial charge in [0.25, 0.3) is 0 Å². The molecule has 1 heterocycles. The van der Waals surface area contributed by atoms with Gasteiger partial charge in [0.05, 0.1) is 17.3 Å². The zero-order valence-corrected chi connectivity index (χ0v) is 12.7. The molecule has 0 amide bonds. The predicted molar refractivity (Wildman–Crippen MR) is 81.2 cm³/mol. The van der Waals surface area contributed by atoms with Crippen molar-refractivity contribution < 1.29 is 0 Å². The van der Waals surface area contributed by atoms with Gasteiger partial charge in [-0.15, -0.1) is 0 Å². The smallest absolute Gasteiger partial charge is 0.0877 e. The van der Waals surface area contributed by atoms with Crippen LogP contribution in [0.1, 0.15) is 45.9 Å². The Bertz CT molecular complexity index is 549. The van der Waals surface area contributed by atoms with E-state index in [9.17, 15) is 0 Å². The minimum absolute atomic E-state index is 0.145. The maximum absolute atomic E-state index is 4.76. The minimum Gasteiger partial charge on any atom is -0.308 e. The Hall–Kier alpha value is -1.35. The SMILES string of the molecule is CCCNC(c1nn(C)c2ccccc12)C(C)(C)C. The predicted octanol–water partition coefficient (Wildman–Crippen LogP) is 3.66. The lowest BCUT2D eigenvalue weighted by molar-refractivity contribution is 0.268. The highest BCUT2D eigenvalue weighted by Gasteiger charge is 2.29. The van der Waals surface area contributed by atoms with Crippen LogP contribution in [0, 0.1) is 5.41 Å². The third-order valence-corrected chi connectivity index (χ3v) is 3.52. The van der Waals surface area contributed by atoms with E-state index in [-0.39, 0.29) is 11.5 Å². The zero-order valence-electron chi connectivity index (χ0n) is 12.7. The molecule has 1 unspecified atom stereocenters. The Morgan fingerprint density at radius 1 is 1.26 bits per heavy atom. The topological polar surface area (TPSA) is 29.9 Å². The molecule has 1 aromatic heterocycles. The molecule has 3 nitrogen and oxygen atoms in total. The molecule has 0 fully saturated rings. The van der Waals surface area contributed by atoms with E-state index in [4.69, 9.17) is 5.10 Å². The van der Waals surface area contributed by atoms with Crippen LogP contribution in [-0.4, -0.2) is 16.3 Å². The van der Waals surface area contributed by atoms with Crippen LogP contribution < -0.4 is 5.32 Å². The summed E-state index contributed by atoms with van der Waals surface area (Å²) < 4.78 is 1.98. The first-order valence-electron chi connectivity index (χ1n) is 7.10. The quantitative estimate of drug-likeness (QED) is 0.908. The Balaban J connectivity index is 2.50. The van der Waals surface area contributed by atoms with Gasteiger partial charge in [0, 0.05) is 12.4 Å². The fourth-order valence-electron chi connectivity index (χ4n) is 2.56. The fraction of sp³-hybridized carbons (Fsp3) is 0.562. The molecule has 0 aliphatic rings. The van der Waals surface area contributed by atoms with Crippen molar-refractivity contribution in [2.75, 3.05) is 6.54 Å². The van der Waals surface area contributed by atoms with E-state index < -0.39 is 0 Å². The summed E-state index contributed by atoms with van der Waals surface area (Å²) in [4.78, 5) is 0. The van der Waals surface area contributed by atoms with E-state index in [1.165, 1.54) is 16.6 Å². The van der Waals surface area contributed by atoms with Crippen molar-refractivity contribution in [3.63, 3.8) is 0 Å². The molecule has 0 aliphatic heterocycles. The molecule has 1 N–H and O–H groups in total. The molecule has 19 heavy (non-hydrogen) atoms. The molecule has 1 atom stereocenters. The van der Waals surface area contributed by atoms with E-state index >= 15 is 0 Å². The van der Waals surface area contributed by atoms with Crippen molar-refractivity contribution in [2.45, 2.75) is 40.2 Å². The summed E-state index contributed by atoms with van der Waals surface area (Å²) in [5, 5.41) is 9.68. The maximum atomic E-state index is 4.76. The van der Waals surface area contributed by atoms with Crippen LogP contribution in [0.5, 0.6) is 0 Å². The van der Waals surface area contributed by atoms with Crippen LogP contribution in [0.3, 0.4) is 0 Å². The largest absolute Gasteiger partial charge is 0.308 e. The molecule has 0 spiro atoms. The third-order valence-electron chi connectivity index (χ3n) is 3.52. The standard InChI is InChI=1S/C16H25N3/c1-6-11-17-15(16(2,3)4)14-12-9-7-8-10-13(12)19(5)18-14/h7-10,15,17H,6,11H2,1-5H3. The van der Waals surface area contributed by atoms with Gasteiger partial charge in [-0.05, 0) is 24.4 Å². The Morgan fingerprint density at radius 3 is 2.58 bits per heavy atom. The van der Waals surface area contributed by atoms with Crippen LogP contribution in [0.25, 0.3) is 10.9 Å². The molecule has 3 heteroatoms. The number of rotatable bonds is 4. The molecule has 2 aromatic rings. The van der Waals surface area contributed by atoms with E-state index in [1.807, 2.05) is 11.7 Å². The Kier molecular flexibility index (Phi) is 3.95. The number of nitrogens with one attached hydrogen (secondary N) is 1. The Morgan fingerprint density at radius 2 is 1.95 bits per heavy atom. The molecule has 1 aromatic carbocycles. The van der Waals surface area contributed by atoms with Gasteiger partial charge in [-0.1, -0.05) is 45.9 Å². The van der Waals surface area contributed by atoms with Gasteiger partial charge < -0.3 is 5.32 Å². The van der Waals surface area contributed by atoms with Crippen molar-refractivity contribution in [3.05, 3.63) is 30.0 Å². The first kappa shape index (κ1) is 14.1. The second kappa shape index (κ2) is 5.33. The lowest BCUT2D eigenvalue weighted by atomic mass is 9.83. The zero-order chi connectivity index (χ0) is 14.0. The van der Waals surface area contributed by atoms with Gasteiger partial charge in [-0.3, -0.25) is 4.68 Å². The van der Waals surface area contributed by atoms with Crippen molar-refractivity contribution in [3.8, 4) is 0 Å². The first-order valence-corrected chi connectivity index (χ1v) is 7.10. The monoisotopic (exact) mass is 259 g/mol. The number of hydrogen-bond donors (Lipinski definition) is 1. The molecular weight excluding hydrogens is 234 g/mol.